The van der Waals surface area contributed by atoms with E-state index in [1.807, 2.05) is 0 Å². The summed E-state index contributed by atoms with van der Waals surface area (Å²) >= 11 is 0. The van der Waals surface area contributed by atoms with Gasteiger partial charge in [-0.25, -0.2) is 4.79 Å². The number of carboxylic acids is 1. The van der Waals surface area contributed by atoms with Crippen LogP contribution in [-0.2, 0) is 9.53 Å². The van der Waals surface area contributed by atoms with Gasteiger partial charge in [0.05, 0.1) is 2.74 Å². The molecule has 1 N–H and O–H groups in total. The standard InChI is InChI=1S/C8H15NO4/c1-8(2,3)13-7(12)9(4)5-6(10)11/h5H2,1-4H3,(H,10,11)/i5D2. The van der Waals surface area contributed by atoms with Crippen molar-refractivity contribution in [2.45, 2.75) is 26.4 Å². The van der Waals surface area contributed by atoms with Crippen molar-refractivity contribution in [2.75, 3.05) is 13.5 Å². The van der Waals surface area contributed by atoms with Crippen molar-refractivity contribution in [2.24, 2.45) is 0 Å². The van der Waals surface area contributed by atoms with Crippen molar-refractivity contribution in [1.29, 1.82) is 0 Å². The minimum absolute atomic E-state index is 0.403. The highest BCUT2D eigenvalue weighted by Crippen LogP contribution is 2.08. The van der Waals surface area contributed by atoms with Gasteiger partial charge in [0.15, 0.2) is 0 Å². The Morgan fingerprint density at radius 2 is 2.00 bits per heavy atom. The first-order chi connectivity index (χ1) is 6.48. The molecule has 0 saturated carbocycles. The molecule has 0 atom stereocenters. The van der Waals surface area contributed by atoms with Crippen molar-refractivity contribution >= 4 is 12.1 Å². The molecule has 13 heavy (non-hydrogen) atoms. The van der Waals surface area contributed by atoms with Gasteiger partial charge in [-0.1, -0.05) is 0 Å². The molecule has 0 aliphatic carbocycles. The maximum Gasteiger partial charge on any atom is 0.410 e. The summed E-state index contributed by atoms with van der Waals surface area (Å²) in [6.07, 6.45) is -1.02. The van der Waals surface area contributed by atoms with Crippen molar-refractivity contribution in [3.05, 3.63) is 0 Å². The third-order valence-electron chi connectivity index (χ3n) is 0.931. The van der Waals surface area contributed by atoms with Gasteiger partial charge in [0.25, 0.3) is 0 Å². The Morgan fingerprint density at radius 1 is 1.54 bits per heavy atom. The molecular weight excluding hydrogens is 174 g/mol. The van der Waals surface area contributed by atoms with E-state index in [1.54, 1.807) is 20.8 Å². The number of ether oxygens (including phenoxy) is 1. The summed E-state index contributed by atoms with van der Waals surface area (Å²) in [6.45, 7) is 2.04. The fourth-order valence-corrected chi connectivity index (χ4v) is 0.520. The van der Waals surface area contributed by atoms with Gasteiger partial charge in [-0.2, -0.15) is 0 Å². The Balaban J connectivity index is 4.66. The maximum atomic E-state index is 11.3. The Hall–Kier alpha value is -1.26. The highest BCUT2D eigenvalue weighted by molar-refractivity contribution is 5.76. The Labute approximate surface area is 80.1 Å². The van der Waals surface area contributed by atoms with Crippen LogP contribution in [0.15, 0.2) is 0 Å². The van der Waals surface area contributed by atoms with Crippen molar-refractivity contribution in [1.82, 2.24) is 4.90 Å². The molecule has 0 bridgehead atoms. The normalized spacial score (nSPS) is 14.2. The molecule has 0 aromatic carbocycles. The quantitative estimate of drug-likeness (QED) is 0.705. The zero-order chi connectivity index (χ0) is 12.4. The summed E-state index contributed by atoms with van der Waals surface area (Å²) in [5.41, 5.74) is -0.792. The highest BCUT2D eigenvalue weighted by Gasteiger charge is 2.20. The lowest BCUT2D eigenvalue weighted by Crippen LogP contribution is -2.37. The topological polar surface area (TPSA) is 66.8 Å². The predicted octanol–water partition coefficient (Wildman–Crippen LogP) is 0.938. The van der Waals surface area contributed by atoms with Crippen LogP contribution >= 0.6 is 0 Å². The average Bonchev–Trinajstić information content (AvgIpc) is 1.99. The van der Waals surface area contributed by atoms with Crippen LogP contribution in [0.4, 0.5) is 4.79 Å². The Kier molecular flexibility index (Phi) is 2.64. The van der Waals surface area contributed by atoms with E-state index in [0.29, 0.717) is 4.90 Å². The van der Waals surface area contributed by atoms with Gasteiger partial charge in [0, 0.05) is 7.05 Å². The molecule has 0 unspecified atom stereocenters. The van der Waals surface area contributed by atoms with Crippen LogP contribution in [0.2, 0.25) is 0 Å². The first-order valence-electron chi connectivity index (χ1n) is 4.68. The van der Waals surface area contributed by atoms with Gasteiger partial charge in [-0.3, -0.25) is 4.79 Å². The zero-order valence-corrected chi connectivity index (χ0v) is 8.12. The molecule has 0 aliphatic heterocycles. The number of carboxylic acid groups (broad SMARTS) is 1. The second-order valence-corrected chi connectivity index (χ2v) is 3.46. The van der Waals surface area contributed by atoms with Crippen LogP contribution in [0.5, 0.6) is 0 Å². The molecule has 0 spiro atoms. The van der Waals surface area contributed by atoms with Crippen LogP contribution in [-0.4, -0.2) is 41.2 Å². The number of amides is 1. The van der Waals surface area contributed by atoms with Gasteiger partial charge < -0.3 is 14.7 Å². The van der Waals surface area contributed by atoms with Crippen LogP contribution in [0.25, 0.3) is 0 Å². The summed E-state index contributed by atoms with van der Waals surface area (Å²) in [7, 11) is 1.03. The van der Waals surface area contributed by atoms with Crippen molar-refractivity contribution in [3.8, 4) is 0 Å². The smallest absolute Gasteiger partial charge is 0.410 e. The summed E-state index contributed by atoms with van der Waals surface area (Å²) in [5, 5.41) is 8.53. The number of rotatable bonds is 2. The summed E-state index contributed by atoms with van der Waals surface area (Å²) in [4.78, 5) is 22.2. The Morgan fingerprint density at radius 3 is 2.31 bits per heavy atom. The lowest BCUT2D eigenvalue weighted by molar-refractivity contribution is -0.137. The van der Waals surface area contributed by atoms with Gasteiger partial charge in [0.1, 0.15) is 12.1 Å². The van der Waals surface area contributed by atoms with Crippen LogP contribution in [0, 0.1) is 0 Å². The summed E-state index contributed by atoms with van der Waals surface area (Å²) < 4.78 is 19.1. The first kappa shape index (κ1) is 8.34. The van der Waals surface area contributed by atoms with Crippen LogP contribution in [0.1, 0.15) is 23.5 Å². The molecule has 0 heterocycles. The first-order valence-corrected chi connectivity index (χ1v) is 3.68. The molecule has 5 heteroatoms. The molecule has 0 fully saturated rings. The van der Waals surface area contributed by atoms with Crippen LogP contribution < -0.4 is 0 Å². The molecule has 0 aliphatic rings. The van der Waals surface area contributed by atoms with Crippen LogP contribution in [0.3, 0.4) is 0 Å². The van der Waals surface area contributed by atoms with Gasteiger partial charge in [-0.15, -0.1) is 0 Å². The number of carbonyl (C=O) groups is 2. The SMILES string of the molecule is [2H]C([2H])(C(=O)O)N(C)C(=O)OC(C)(C)C. The van der Waals surface area contributed by atoms with E-state index in [0.717, 1.165) is 7.05 Å². The second-order valence-electron chi connectivity index (χ2n) is 3.46. The third kappa shape index (κ3) is 5.95. The molecule has 0 radical (unpaired) electrons. The highest BCUT2D eigenvalue weighted by atomic mass is 16.6. The van der Waals surface area contributed by atoms with Gasteiger partial charge in [0.2, 0.25) is 0 Å². The predicted molar refractivity (Wildman–Crippen MR) is 46.5 cm³/mol. The molecule has 0 aromatic heterocycles. The van der Waals surface area contributed by atoms with E-state index in [2.05, 4.69) is 0 Å². The number of hydrogen-bond donors (Lipinski definition) is 1. The molecule has 76 valence electrons. The molecule has 0 rings (SSSR count). The molecule has 0 aromatic rings. The second kappa shape index (κ2) is 4.11. The summed E-state index contributed by atoms with van der Waals surface area (Å²) in [6, 6.07) is 0. The minimum Gasteiger partial charge on any atom is -0.480 e. The van der Waals surface area contributed by atoms with E-state index in [1.165, 1.54) is 0 Å². The lowest BCUT2D eigenvalue weighted by Gasteiger charge is -2.23. The van der Waals surface area contributed by atoms with E-state index < -0.39 is 24.2 Å². The third-order valence-corrected chi connectivity index (χ3v) is 0.931. The largest absolute Gasteiger partial charge is 0.480 e. The fourth-order valence-electron chi connectivity index (χ4n) is 0.520. The molecule has 0 saturated heterocycles. The minimum atomic E-state index is -2.78. The van der Waals surface area contributed by atoms with E-state index in [4.69, 9.17) is 12.6 Å². The molecular formula is C8H15NO4. The number of aliphatic carboxylic acids is 1. The average molecular weight is 191 g/mol. The fraction of sp³-hybridized carbons (Fsp3) is 0.750. The number of likely N-dealkylation sites (N-methyl/N-ethyl adjacent to an activating group) is 1. The van der Waals surface area contributed by atoms with Gasteiger partial charge in [-0.05, 0) is 20.8 Å². The number of hydrogen-bond acceptors (Lipinski definition) is 3. The monoisotopic (exact) mass is 191 g/mol. The van der Waals surface area contributed by atoms with Gasteiger partial charge >= 0.3 is 12.1 Å². The molecule has 5 nitrogen and oxygen atoms in total. The van der Waals surface area contributed by atoms with E-state index in [-0.39, 0.29) is 0 Å². The number of carbonyl (C=O) groups excluding carboxylic acids is 1. The van der Waals surface area contributed by atoms with Crippen molar-refractivity contribution < 1.29 is 22.2 Å². The summed E-state index contributed by atoms with van der Waals surface area (Å²) in [5.74, 6) is -1.74. The lowest BCUT2D eigenvalue weighted by atomic mass is 10.2. The Bertz CT molecular complexity index is 272. The van der Waals surface area contributed by atoms with E-state index >= 15 is 0 Å². The maximum absolute atomic E-state index is 11.3. The van der Waals surface area contributed by atoms with E-state index in [9.17, 15) is 9.59 Å². The zero-order valence-electron chi connectivity index (χ0n) is 10.1. The number of nitrogens with zero attached hydrogens (tertiary/aromatic N) is 1. The molecule has 1 amide bonds. The van der Waals surface area contributed by atoms with Crippen molar-refractivity contribution in [3.63, 3.8) is 0 Å².